The molecule has 0 saturated carbocycles. The molecule has 7 heteroatoms. The zero-order chi connectivity index (χ0) is 14.6. The molecule has 1 aromatic carbocycles. The molecule has 19 heavy (non-hydrogen) atoms. The number of nitrogens with one attached hydrogen (secondary N) is 1. The van der Waals surface area contributed by atoms with Gasteiger partial charge in [0.25, 0.3) is 5.69 Å². The Labute approximate surface area is 107 Å². The summed E-state index contributed by atoms with van der Waals surface area (Å²) in [6, 6.07) is 2.05. The van der Waals surface area contributed by atoms with Crippen molar-refractivity contribution in [1.82, 2.24) is 0 Å². The highest BCUT2D eigenvalue weighted by molar-refractivity contribution is 5.63. The third-order valence-electron chi connectivity index (χ3n) is 2.35. The summed E-state index contributed by atoms with van der Waals surface area (Å²) in [6.07, 6.45) is 0.776. The van der Waals surface area contributed by atoms with Gasteiger partial charge in [-0.25, -0.2) is 0 Å². The van der Waals surface area contributed by atoms with Crippen LogP contribution in [0.15, 0.2) is 18.2 Å². The Morgan fingerprint density at radius 1 is 1.53 bits per heavy atom. The lowest BCUT2D eigenvalue weighted by Gasteiger charge is -2.14. The van der Waals surface area contributed by atoms with Crippen LogP contribution in [0, 0.1) is 22.5 Å². The topological polar surface area (TPSA) is 55.2 Å². The Hall–Kier alpha value is -2.23. The van der Waals surface area contributed by atoms with Gasteiger partial charge >= 0.3 is 6.18 Å². The fourth-order valence-electron chi connectivity index (χ4n) is 1.47. The normalized spacial score (nSPS) is 12.6. The number of nitrogens with zero attached hydrogens (tertiary/aromatic N) is 1. The van der Waals surface area contributed by atoms with Crippen molar-refractivity contribution >= 4 is 11.4 Å². The van der Waals surface area contributed by atoms with Gasteiger partial charge in [-0.3, -0.25) is 10.1 Å². The molecule has 0 bridgehead atoms. The summed E-state index contributed by atoms with van der Waals surface area (Å²) in [5.74, 6) is 2.36. The summed E-state index contributed by atoms with van der Waals surface area (Å²) < 4.78 is 37.4. The van der Waals surface area contributed by atoms with Gasteiger partial charge in [-0.2, -0.15) is 13.2 Å². The lowest BCUT2D eigenvalue weighted by molar-refractivity contribution is -0.384. The van der Waals surface area contributed by atoms with Crippen LogP contribution in [0.2, 0.25) is 0 Å². The summed E-state index contributed by atoms with van der Waals surface area (Å²) in [5, 5.41) is 13.5. The van der Waals surface area contributed by atoms with Gasteiger partial charge in [0.2, 0.25) is 0 Å². The Bertz CT molecular complexity index is 521. The Kier molecular flexibility index (Phi) is 4.38. The molecule has 0 amide bonds. The minimum absolute atomic E-state index is 0.0146. The molecule has 1 aromatic rings. The van der Waals surface area contributed by atoms with E-state index in [9.17, 15) is 23.3 Å². The molecule has 0 saturated heterocycles. The lowest BCUT2D eigenvalue weighted by atomic mass is 10.1. The number of anilines is 1. The minimum atomic E-state index is -4.62. The van der Waals surface area contributed by atoms with E-state index in [0.29, 0.717) is 12.5 Å². The van der Waals surface area contributed by atoms with E-state index >= 15 is 0 Å². The lowest BCUT2D eigenvalue weighted by Crippen LogP contribution is -2.16. The van der Waals surface area contributed by atoms with Crippen molar-refractivity contribution in [3.63, 3.8) is 0 Å². The van der Waals surface area contributed by atoms with E-state index in [1.807, 2.05) is 0 Å². The molecule has 1 unspecified atom stereocenters. The standard InChI is InChI=1S/C12H11F3N2O2/c1-3-4-8(2)16-10-6-5-9(12(13,14)15)7-11(10)17(18)19/h1,5-8,16H,4H2,2H3. The third-order valence-corrected chi connectivity index (χ3v) is 2.35. The van der Waals surface area contributed by atoms with Crippen molar-refractivity contribution in [3.05, 3.63) is 33.9 Å². The zero-order valence-corrected chi connectivity index (χ0v) is 9.99. The van der Waals surface area contributed by atoms with E-state index in [0.717, 1.165) is 12.1 Å². The predicted molar refractivity (Wildman–Crippen MR) is 64.6 cm³/mol. The van der Waals surface area contributed by atoms with E-state index in [-0.39, 0.29) is 11.7 Å². The summed E-state index contributed by atoms with van der Waals surface area (Å²) in [5.41, 5.74) is -1.67. The summed E-state index contributed by atoms with van der Waals surface area (Å²) >= 11 is 0. The zero-order valence-electron chi connectivity index (χ0n) is 9.99. The molecule has 0 spiro atoms. The monoisotopic (exact) mass is 272 g/mol. The molecule has 1 atom stereocenters. The van der Waals surface area contributed by atoms with E-state index in [1.54, 1.807) is 6.92 Å². The first-order valence-corrected chi connectivity index (χ1v) is 5.31. The van der Waals surface area contributed by atoms with Gasteiger partial charge < -0.3 is 5.32 Å². The number of hydrogen-bond donors (Lipinski definition) is 1. The van der Waals surface area contributed by atoms with Gasteiger partial charge in [-0.05, 0) is 19.1 Å². The maximum absolute atomic E-state index is 12.5. The van der Waals surface area contributed by atoms with Crippen LogP contribution in [0.1, 0.15) is 18.9 Å². The number of nitro benzene ring substituents is 1. The van der Waals surface area contributed by atoms with E-state index in [1.165, 1.54) is 0 Å². The summed E-state index contributed by atoms with van der Waals surface area (Å²) in [6.45, 7) is 1.68. The molecule has 0 aliphatic heterocycles. The first-order chi connectivity index (χ1) is 8.75. The molecule has 0 fully saturated rings. The Morgan fingerprint density at radius 3 is 2.63 bits per heavy atom. The average molecular weight is 272 g/mol. The van der Waals surface area contributed by atoms with Crippen LogP contribution in [0.3, 0.4) is 0 Å². The minimum Gasteiger partial charge on any atom is -0.376 e. The van der Waals surface area contributed by atoms with Crippen molar-refractivity contribution in [2.24, 2.45) is 0 Å². The number of benzene rings is 1. The van der Waals surface area contributed by atoms with Crippen LogP contribution in [-0.2, 0) is 6.18 Å². The number of halogens is 3. The van der Waals surface area contributed by atoms with Crippen molar-refractivity contribution < 1.29 is 18.1 Å². The molecular formula is C12H11F3N2O2. The molecule has 4 nitrogen and oxygen atoms in total. The van der Waals surface area contributed by atoms with Crippen molar-refractivity contribution in [2.45, 2.75) is 25.6 Å². The molecule has 102 valence electrons. The van der Waals surface area contributed by atoms with Crippen LogP contribution in [0.25, 0.3) is 0 Å². The first kappa shape index (κ1) is 14.8. The van der Waals surface area contributed by atoms with Crippen molar-refractivity contribution in [2.75, 3.05) is 5.32 Å². The average Bonchev–Trinajstić information content (AvgIpc) is 2.27. The summed E-state index contributed by atoms with van der Waals surface area (Å²) in [4.78, 5) is 9.94. The van der Waals surface area contributed by atoms with E-state index in [2.05, 4.69) is 11.2 Å². The molecule has 1 N–H and O–H groups in total. The number of nitro groups is 1. The predicted octanol–water partition coefficient (Wildman–Crippen LogP) is 3.44. The van der Waals surface area contributed by atoms with Crippen LogP contribution in [0.5, 0.6) is 0 Å². The van der Waals surface area contributed by atoms with Crippen LogP contribution < -0.4 is 5.32 Å². The SMILES string of the molecule is C#CCC(C)Nc1ccc(C(F)(F)F)cc1[N+](=O)[O-]. The van der Waals surface area contributed by atoms with Crippen LogP contribution in [0.4, 0.5) is 24.5 Å². The number of terminal acetylenes is 1. The second-order valence-electron chi connectivity index (χ2n) is 3.94. The quantitative estimate of drug-likeness (QED) is 0.519. The van der Waals surface area contributed by atoms with Crippen molar-refractivity contribution in [3.8, 4) is 12.3 Å². The van der Waals surface area contributed by atoms with Crippen molar-refractivity contribution in [1.29, 1.82) is 0 Å². The van der Waals surface area contributed by atoms with Gasteiger partial charge in [-0.15, -0.1) is 12.3 Å². The Morgan fingerprint density at radius 2 is 2.16 bits per heavy atom. The highest BCUT2D eigenvalue weighted by atomic mass is 19.4. The molecule has 0 radical (unpaired) electrons. The second kappa shape index (κ2) is 5.61. The molecule has 0 heterocycles. The van der Waals surface area contributed by atoms with Gasteiger partial charge in [0.1, 0.15) is 5.69 Å². The largest absolute Gasteiger partial charge is 0.416 e. The molecular weight excluding hydrogens is 261 g/mol. The Balaban J connectivity index is 3.13. The van der Waals surface area contributed by atoms with Crippen LogP contribution >= 0.6 is 0 Å². The van der Waals surface area contributed by atoms with Gasteiger partial charge in [-0.1, -0.05) is 0 Å². The smallest absolute Gasteiger partial charge is 0.376 e. The summed E-state index contributed by atoms with van der Waals surface area (Å²) in [7, 11) is 0. The first-order valence-electron chi connectivity index (χ1n) is 5.31. The number of rotatable bonds is 4. The van der Waals surface area contributed by atoms with E-state index < -0.39 is 22.4 Å². The molecule has 0 aliphatic rings. The fourth-order valence-corrected chi connectivity index (χ4v) is 1.47. The van der Waals surface area contributed by atoms with Crippen LogP contribution in [-0.4, -0.2) is 11.0 Å². The molecule has 0 aliphatic carbocycles. The highest BCUT2D eigenvalue weighted by Gasteiger charge is 2.33. The maximum Gasteiger partial charge on any atom is 0.416 e. The maximum atomic E-state index is 12.5. The van der Waals surface area contributed by atoms with Gasteiger partial charge in [0, 0.05) is 18.5 Å². The molecule has 1 rings (SSSR count). The van der Waals surface area contributed by atoms with Gasteiger partial charge in [0.15, 0.2) is 0 Å². The number of alkyl halides is 3. The highest BCUT2D eigenvalue weighted by Crippen LogP contribution is 2.35. The third kappa shape index (κ3) is 3.88. The second-order valence-corrected chi connectivity index (χ2v) is 3.94. The van der Waals surface area contributed by atoms with Gasteiger partial charge in [0.05, 0.1) is 10.5 Å². The molecule has 0 aromatic heterocycles. The fraction of sp³-hybridized carbons (Fsp3) is 0.333. The number of hydrogen-bond acceptors (Lipinski definition) is 3. The van der Waals surface area contributed by atoms with E-state index in [4.69, 9.17) is 6.42 Å².